The van der Waals surface area contributed by atoms with Crippen LogP contribution in [0.1, 0.15) is 20.3 Å². The van der Waals surface area contributed by atoms with Crippen LogP contribution < -0.4 is 11.1 Å². The molecule has 0 bridgehead atoms. The number of nitrogens with two attached hydrogens (primary N) is 1. The first-order valence-electron chi connectivity index (χ1n) is 6.31. The number of nitriles is 1. The van der Waals surface area contributed by atoms with Gasteiger partial charge in [-0.2, -0.15) is 5.26 Å². The van der Waals surface area contributed by atoms with Crippen LogP contribution in [0, 0.1) is 11.3 Å². The van der Waals surface area contributed by atoms with Crippen LogP contribution in [0.4, 0.5) is 11.4 Å². The van der Waals surface area contributed by atoms with E-state index in [1.165, 1.54) is 0 Å². The lowest BCUT2D eigenvalue weighted by Gasteiger charge is -2.28. The molecule has 2 atom stereocenters. The third-order valence-corrected chi connectivity index (χ3v) is 3.68. The van der Waals surface area contributed by atoms with E-state index in [9.17, 15) is 4.79 Å². The highest BCUT2D eigenvalue weighted by Crippen LogP contribution is 2.22. The van der Waals surface area contributed by atoms with E-state index in [-0.39, 0.29) is 18.0 Å². The van der Waals surface area contributed by atoms with Crippen molar-refractivity contribution < 1.29 is 4.79 Å². The zero-order valence-corrected chi connectivity index (χ0v) is 12.6. The summed E-state index contributed by atoms with van der Waals surface area (Å²) in [7, 11) is 1.82. The fraction of sp³-hybridized carbons (Fsp3) is 0.429. The first-order valence-corrected chi connectivity index (χ1v) is 6.69. The molecule has 0 heterocycles. The first kappa shape index (κ1) is 16.3. The van der Waals surface area contributed by atoms with Crippen LogP contribution in [0.25, 0.3) is 0 Å². The molecule has 0 radical (unpaired) electrons. The van der Waals surface area contributed by atoms with E-state index in [2.05, 4.69) is 11.4 Å². The molecular weight excluding hydrogens is 276 g/mol. The van der Waals surface area contributed by atoms with Gasteiger partial charge in [0.15, 0.2) is 0 Å². The molecule has 0 fully saturated rings. The Morgan fingerprint density at radius 1 is 1.55 bits per heavy atom. The summed E-state index contributed by atoms with van der Waals surface area (Å²) < 4.78 is 0. The molecule has 0 aliphatic heterocycles. The van der Waals surface area contributed by atoms with E-state index in [1.807, 2.05) is 18.9 Å². The molecule has 5 nitrogen and oxygen atoms in total. The van der Waals surface area contributed by atoms with Gasteiger partial charge in [-0.25, -0.2) is 0 Å². The SMILES string of the molecule is CC(CC#N)N(C)C(C)C(=O)Nc1ccc(Cl)c(N)c1. The normalized spacial score (nSPS) is 13.6. The van der Waals surface area contributed by atoms with E-state index >= 15 is 0 Å². The smallest absolute Gasteiger partial charge is 0.241 e. The van der Waals surface area contributed by atoms with E-state index < -0.39 is 0 Å². The molecule has 6 heteroatoms. The van der Waals surface area contributed by atoms with Crippen LogP contribution in [0.2, 0.25) is 5.02 Å². The van der Waals surface area contributed by atoms with Crippen molar-refractivity contribution >= 4 is 28.9 Å². The summed E-state index contributed by atoms with van der Waals surface area (Å²) in [5.74, 6) is -0.154. The lowest BCUT2D eigenvalue weighted by Crippen LogP contribution is -2.44. The van der Waals surface area contributed by atoms with E-state index in [4.69, 9.17) is 22.6 Å². The molecule has 0 saturated carbocycles. The third-order valence-electron chi connectivity index (χ3n) is 3.34. The van der Waals surface area contributed by atoms with Crippen LogP contribution in [0.5, 0.6) is 0 Å². The standard InChI is InChI=1S/C14H19ClN4O/c1-9(6-7-16)19(3)10(2)14(20)18-11-4-5-12(15)13(17)8-11/h4-5,8-10H,6,17H2,1-3H3,(H,18,20). The number of carbonyl (C=O) groups excluding carboxylic acids is 1. The molecule has 1 aromatic carbocycles. The van der Waals surface area contributed by atoms with Gasteiger partial charge in [0.05, 0.1) is 29.2 Å². The van der Waals surface area contributed by atoms with Crippen molar-refractivity contribution in [2.75, 3.05) is 18.1 Å². The van der Waals surface area contributed by atoms with Gasteiger partial charge in [0.2, 0.25) is 5.91 Å². The van der Waals surface area contributed by atoms with Gasteiger partial charge in [0.1, 0.15) is 0 Å². The molecule has 1 aromatic rings. The first-order chi connectivity index (χ1) is 9.36. The van der Waals surface area contributed by atoms with Crippen molar-refractivity contribution in [3.8, 4) is 6.07 Å². The van der Waals surface area contributed by atoms with Gasteiger partial charge in [-0.05, 0) is 39.1 Å². The van der Waals surface area contributed by atoms with Gasteiger partial charge in [0, 0.05) is 11.7 Å². The van der Waals surface area contributed by atoms with Gasteiger partial charge < -0.3 is 11.1 Å². The van der Waals surface area contributed by atoms with Crippen molar-refractivity contribution in [3.05, 3.63) is 23.2 Å². The number of nitrogens with zero attached hydrogens (tertiary/aromatic N) is 2. The molecule has 0 aliphatic carbocycles. The number of nitrogen functional groups attached to an aromatic ring is 1. The lowest BCUT2D eigenvalue weighted by atomic mass is 10.1. The Morgan fingerprint density at radius 2 is 2.20 bits per heavy atom. The van der Waals surface area contributed by atoms with Crippen molar-refractivity contribution in [1.82, 2.24) is 4.90 Å². The number of anilines is 2. The molecule has 0 aliphatic rings. The van der Waals surface area contributed by atoms with Crippen LogP contribution in [0.15, 0.2) is 18.2 Å². The number of hydrogen-bond acceptors (Lipinski definition) is 4. The summed E-state index contributed by atoms with van der Waals surface area (Å²) >= 11 is 5.83. The van der Waals surface area contributed by atoms with E-state index in [1.54, 1.807) is 25.1 Å². The minimum Gasteiger partial charge on any atom is -0.397 e. The zero-order chi connectivity index (χ0) is 15.3. The number of nitrogens with one attached hydrogen (secondary N) is 1. The predicted octanol–water partition coefficient (Wildman–Crippen LogP) is 2.48. The van der Waals surface area contributed by atoms with Crippen LogP contribution in [0.3, 0.4) is 0 Å². The fourth-order valence-electron chi connectivity index (χ4n) is 1.71. The number of likely N-dealkylation sites (N-methyl/N-ethyl adjacent to an activating group) is 1. The Labute approximate surface area is 124 Å². The largest absolute Gasteiger partial charge is 0.397 e. The highest BCUT2D eigenvalue weighted by Gasteiger charge is 2.22. The van der Waals surface area contributed by atoms with Crippen molar-refractivity contribution in [2.45, 2.75) is 32.4 Å². The number of carbonyl (C=O) groups is 1. The second-order valence-corrected chi connectivity index (χ2v) is 5.19. The Morgan fingerprint density at radius 3 is 2.75 bits per heavy atom. The Kier molecular flexibility index (Phi) is 5.81. The highest BCUT2D eigenvalue weighted by atomic mass is 35.5. The zero-order valence-electron chi connectivity index (χ0n) is 11.9. The summed E-state index contributed by atoms with van der Waals surface area (Å²) in [5, 5.41) is 11.9. The summed E-state index contributed by atoms with van der Waals surface area (Å²) in [6.45, 7) is 3.70. The summed E-state index contributed by atoms with van der Waals surface area (Å²) in [5.41, 5.74) is 6.71. The summed E-state index contributed by atoms with van der Waals surface area (Å²) in [6, 6.07) is 6.71. The monoisotopic (exact) mass is 294 g/mol. The third kappa shape index (κ3) is 4.12. The number of halogens is 1. The second-order valence-electron chi connectivity index (χ2n) is 4.78. The Balaban J connectivity index is 2.70. The average Bonchev–Trinajstić information content (AvgIpc) is 2.41. The lowest BCUT2D eigenvalue weighted by molar-refractivity contribution is -0.120. The molecule has 1 rings (SSSR count). The quantitative estimate of drug-likeness (QED) is 0.817. The van der Waals surface area contributed by atoms with Gasteiger partial charge in [-0.15, -0.1) is 0 Å². The maximum Gasteiger partial charge on any atom is 0.241 e. The number of hydrogen-bond donors (Lipinski definition) is 2. The Bertz CT molecular complexity index is 526. The molecule has 20 heavy (non-hydrogen) atoms. The second kappa shape index (κ2) is 7.13. The Hall–Kier alpha value is -1.77. The topological polar surface area (TPSA) is 82.2 Å². The minimum absolute atomic E-state index is 0.0102. The van der Waals surface area contributed by atoms with Crippen LogP contribution >= 0.6 is 11.6 Å². The molecule has 1 amide bonds. The number of rotatable bonds is 5. The number of benzene rings is 1. The van der Waals surface area contributed by atoms with Gasteiger partial charge in [-0.1, -0.05) is 11.6 Å². The van der Waals surface area contributed by atoms with Crippen molar-refractivity contribution in [2.24, 2.45) is 0 Å². The molecule has 0 aromatic heterocycles. The summed E-state index contributed by atoms with van der Waals surface area (Å²) in [4.78, 5) is 14.0. The van der Waals surface area contributed by atoms with Gasteiger partial charge in [0.25, 0.3) is 0 Å². The van der Waals surface area contributed by atoms with E-state index in [0.29, 0.717) is 22.8 Å². The number of amides is 1. The average molecular weight is 295 g/mol. The van der Waals surface area contributed by atoms with Crippen molar-refractivity contribution in [3.63, 3.8) is 0 Å². The molecule has 0 saturated heterocycles. The van der Waals surface area contributed by atoms with Crippen LogP contribution in [-0.2, 0) is 4.79 Å². The fourth-order valence-corrected chi connectivity index (χ4v) is 1.83. The predicted molar refractivity (Wildman–Crippen MR) is 81.4 cm³/mol. The maximum atomic E-state index is 12.1. The highest BCUT2D eigenvalue weighted by molar-refractivity contribution is 6.33. The summed E-state index contributed by atoms with van der Waals surface area (Å²) in [6.07, 6.45) is 0.377. The minimum atomic E-state index is -0.352. The van der Waals surface area contributed by atoms with Gasteiger partial charge >= 0.3 is 0 Å². The van der Waals surface area contributed by atoms with E-state index in [0.717, 1.165) is 0 Å². The maximum absolute atomic E-state index is 12.1. The van der Waals surface area contributed by atoms with Crippen molar-refractivity contribution in [1.29, 1.82) is 5.26 Å². The van der Waals surface area contributed by atoms with Crippen LogP contribution in [-0.4, -0.2) is 29.9 Å². The molecule has 3 N–H and O–H groups in total. The molecule has 0 spiro atoms. The molecular formula is C14H19ClN4O. The molecule has 108 valence electrons. The van der Waals surface area contributed by atoms with Gasteiger partial charge in [-0.3, -0.25) is 9.69 Å². The molecule has 2 unspecified atom stereocenters.